The Morgan fingerprint density at radius 2 is 1.83 bits per heavy atom. The molecule has 0 aliphatic carbocycles. The van der Waals surface area contributed by atoms with Crippen molar-refractivity contribution in [3.8, 4) is 11.5 Å². The lowest BCUT2D eigenvalue weighted by molar-refractivity contribution is -0.385. The molecule has 9 heteroatoms. The van der Waals surface area contributed by atoms with Gasteiger partial charge in [-0.15, -0.1) is 0 Å². The zero-order valence-corrected chi connectivity index (χ0v) is 16.2. The number of methoxy groups -OCH3 is 2. The summed E-state index contributed by atoms with van der Waals surface area (Å²) in [4.78, 5) is 34.2. The number of hydrogen-bond donors (Lipinski definition) is 1. The minimum atomic E-state index is -0.850. The maximum atomic E-state index is 11.9. The van der Waals surface area contributed by atoms with Gasteiger partial charge in [-0.3, -0.25) is 14.9 Å². The maximum absolute atomic E-state index is 11.9. The van der Waals surface area contributed by atoms with Crippen LogP contribution in [0.15, 0.2) is 42.5 Å². The molecule has 0 aromatic heterocycles. The smallest absolute Gasteiger partial charge is 0.345 e. The second-order valence-corrected chi connectivity index (χ2v) is 5.98. The SMILES string of the molecule is COC(=O)c1cc(OCCCNC(=O)Cc2ccccc2)c(OC)cc1[N+](=O)[O-]. The molecule has 9 nitrogen and oxygen atoms in total. The molecule has 0 heterocycles. The molecule has 154 valence electrons. The molecule has 0 fully saturated rings. The molecule has 1 N–H and O–H groups in total. The van der Waals surface area contributed by atoms with E-state index in [4.69, 9.17) is 9.47 Å². The monoisotopic (exact) mass is 402 g/mol. The van der Waals surface area contributed by atoms with Crippen LogP contribution in [-0.2, 0) is 16.0 Å². The molecule has 0 bridgehead atoms. The van der Waals surface area contributed by atoms with Crippen LogP contribution in [0, 0.1) is 10.1 Å². The molecule has 0 atom stereocenters. The van der Waals surface area contributed by atoms with Crippen LogP contribution in [0.2, 0.25) is 0 Å². The van der Waals surface area contributed by atoms with Gasteiger partial charge in [0.25, 0.3) is 5.69 Å². The first-order chi connectivity index (χ1) is 14.0. The van der Waals surface area contributed by atoms with Gasteiger partial charge in [-0.2, -0.15) is 0 Å². The van der Waals surface area contributed by atoms with Crippen molar-refractivity contribution >= 4 is 17.6 Å². The lowest BCUT2D eigenvalue weighted by atomic mass is 10.1. The molecule has 0 unspecified atom stereocenters. The fourth-order valence-corrected chi connectivity index (χ4v) is 2.57. The van der Waals surface area contributed by atoms with Gasteiger partial charge in [0.2, 0.25) is 5.91 Å². The van der Waals surface area contributed by atoms with Crippen molar-refractivity contribution in [2.45, 2.75) is 12.8 Å². The second-order valence-electron chi connectivity index (χ2n) is 5.98. The number of hydrogen-bond acceptors (Lipinski definition) is 7. The number of amides is 1. The lowest BCUT2D eigenvalue weighted by Gasteiger charge is -2.12. The molecule has 2 rings (SSSR count). The van der Waals surface area contributed by atoms with Crippen LogP contribution >= 0.6 is 0 Å². The van der Waals surface area contributed by atoms with E-state index in [-0.39, 0.29) is 29.6 Å². The first-order valence-corrected chi connectivity index (χ1v) is 8.84. The Bertz CT molecular complexity index is 869. The highest BCUT2D eigenvalue weighted by Crippen LogP contribution is 2.35. The summed E-state index contributed by atoms with van der Waals surface area (Å²) in [6, 6.07) is 11.7. The normalized spacial score (nSPS) is 10.1. The molecule has 1 amide bonds. The zero-order valence-electron chi connectivity index (χ0n) is 16.2. The van der Waals surface area contributed by atoms with Crippen LogP contribution in [0.3, 0.4) is 0 Å². The lowest BCUT2D eigenvalue weighted by Crippen LogP contribution is -2.27. The number of carbonyl (C=O) groups excluding carboxylic acids is 2. The second kappa shape index (κ2) is 10.6. The van der Waals surface area contributed by atoms with E-state index in [2.05, 4.69) is 10.1 Å². The number of nitro benzene ring substituents is 1. The number of nitrogens with one attached hydrogen (secondary N) is 1. The highest BCUT2D eigenvalue weighted by atomic mass is 16.6. The van der Waals surface area contributed by atoms with E-state index in [9.17, 15) is 19.7 Å². The van der Waals surface area contributed by atoms with Gasteiger partial charge in [0.05, 0.1) is 38.2 Å². The summed E-state index contributed by atoms with van der Waals surface area (Å²) in [6.45, 7) is 0.602. The summed E-state index contributed by atoms with van der Waals surface area (Å²) in [5.41, 5.74) is 0.255. The number of carbonyl (C=O) groups is 2. The van der Waals surface area contributed by atoms with Gasteiger partial charge >= 0.3 is 5.97 Å². The van der Waals surface area contributed by atoms with Gasteiger partial charge in [0, 0.05) is 12.6 Å². The van der Waals surface area contributed by atoms with Crippen molar-refractivity contribution in [2.24, 2.45) is 0 Å². The largest absolute Gasteiger partial charge is 0.493 e. The third-order valence-corrected chi connectivity index (χ3v) is 3.99. The Morgan fingerprint density at radius 3 is 2.45 bits per heavy atom. The van der Waals surface area contributed by atoms with Gasteiger partial charge in [-0.1, -0.05) is 30.3 Å². The first kappa shape index (κ1) is 21.7. The summed E-state index contributed by atoms with van der Waals surface area (Å²) in [5, 5.41) is 14.0. The number of rotatable bonds is 10. The summed E-state index contributed by atoms with van der Waals surface area (Å²) in [5.74, 6) is -0.652. The third-order valence-electron chi connectivity index (χ3n) is 3.99. The highest BCUT2D eigenvalue weighted by molar-refractivity contribution is 5.95. The first-order valence-electron chi connectivity index (χ1n) is 8.84. The van der Waals surface area contributed by atoms with Crippen LogP contribution in [0.1, 0.15) is 22.3 Å². The molecular weight excluding hydrogens is 380 g/mol. The minimum absolute atomic E-state index is 0.0999. The van der Waals surface area contributed by atoms with Crippen molar-refractivity contribution in [2.75, 3.05) is 27.4 Å². The Kier molecular flexibility index (Phi) is 7.96. The standard InChI is InChI=1S/C20H22N2O7/c1-27-17-13-16(22(25)26)15(20(24)28-2)12-18(17)29-10-6-9-21-19(23)11-14-7-4-3-5-8-14/h3-5,7-8,12-13H,6,9-11H2,1-2H3,(H,21,23). The van der Waals surface area contributed by atoms with Crippen molar-refractivity contribution in [1.29, 1.82) is 0 Å². The van der Waals surface area contributed by atoms with Crippen LogP contribution in [0.5, 0.6) is 11.5 Å². The third kappa shape index (κ3) is 6.20. The maximum Gasteiger partial charge on any atom is 0.345 e. The highest BCUT2D eigenvalue weighted by Gasteiger charge is 2.25. The molecule has 0 spiro atoms. The van der Waals surface area contributed by atoms with Crippen molar-refractivity contribution in [3.63, 3.8) is 0 Å². The number of nitrogens with zero attached hydrogens (tertiary/aromatic N) is 1. The van der Waals surface area contributed by atoms with Crippen molar-refractivity contribution in [1.82, 2.24) is 5.32 Å². The van der Waals surface area contributed by atoms with Crippen molar-refractivity contribution < 1.29 is 28.7 Å². The van der Waals surface area contributed by atoms with E-state index in [1.54, 1.807) is 0 Å². The van der Waals surface area contributed by atoms with E-state index in [1.807, 2.05) is 30.3 Å². The van der Waals surface area contributed by atoms with Crippen LogP contribution in [0.25, 0.3) is 0 Å². The van der Waals surface area contributed by atoms with E-state index < -0.39 is 16.6 Å². The molecule has 2 aromatic carbocycles. The molecule has 0 aliphatic heterocycles. The zero-order chi connectivity index (χ0) is 21.2. The van der Waals surface area contributed by atoms with Crippen molar-refractivity contribution in [3.05, 3.63) is 63.7 Å². The molecule has 0 radical (unpaired) electrons. The van der Waals surface area contributed by atoms with Crippen LogP contribution in [-0.4, -0.2) is 44.2 Å². The van der Waals surface area contributed by atoms with Crippen LogP contribution in [0.4, 0.5) is 5.69 Å². The number of benzene rings is 2. The average molecular weight is 402 g/mol. The molecule has 2 aromatic rings. The Balaban J connectivity index is 1.91. The number of esters is 1. The molecule has 0 saturated carbocycles. The number of nitro groups is 1. The minimum Gasteiger partial charge on any atom is -0.493 e. The predicted molar refractivity (Wildman–Crippen MR) is 104 cm³/mol. The molecule has 0 saturated heterocycles. The quantitative estimate of drug-likeness (QED) is 0.281. The fourth-order valence-electron chi connectivity index (χ4n) is 2.57. The molecule has 29 heavy (non-hydrogen) atoms. The average Bonchev–Trinajstić information content (AvgIpc) is 2.73. The fraction of sp³-hybridized carbons (Fsp3) is 0.300. The van der Waals surface area contributed by atoms with E-state index in [1.165, 1.54) is 13.2 Å². The van der Waals surface area contributed by atoms with Crippen LogP contribution < -0.4 is 14.8 Å². The Hall–Kier alpha value is -3.62. The van der Waals surface area contributed by atoms with Gasteiger partial charge < -0.3 is 19.5 Å². The van der Waals surface area contributed by atoms with Gasteiger partial charge in [0.15, 0.2) is 11.5 Å². The summed E-state index contributed by atoms with van der Waals surface area (Å²) < 4.78 is 15.3. The topological polar surface area (TPSA) is 117 Å². The van der Waals surface area contributed by atoms with E-state index in [0.717, 1.165) is 18.7 Å². The van der Waals surface area contributed by atoms with E-state index in [0.29, 0.717) is 19.4 Å². The van der Waals surface area contributed by atoms with E-state index >= 15 is 0 Å². The Morgan fingerprint density at radius 1 is 1.10 bits per heavy atom. The number of ether oxygens (including phenoxy) is 3. The van der Waals surface area contributed by atoms with Gasteiger partial charge in [-0.05, 0) is 12.0 Å². The summed E-state index contributed by atoms with van der Waals surface area (Å²) in [6.07, 6.45) is 0.786. The molecular formula is C20H22N2O7. The molecule has 0 aliphatic rings. The summed E-state index contributed by atoms with van der Waals surface area (Å²) in [7, 11) is 2.47. The summed E-state index contributed by atoms with van der Waals surface area (Å²) >= 11 is 0. The predicted octanol–water partition coefficient (Wildman–Crippen LogP) is 2.52. The van der Waals surface area contributed by atoms with Gasteiger partial charge in [-0.25, -0.2) is 4.79 Å². The van der Waals surface area contributed by atoms with Gasteiger partial charge in [0.1, 0.15) is 5.56 Å². The Labute approximate surface area is 167 Å².